The summed E-state index contributed by atoms with van der Waals surface area (Å²) in [5.74, 6) is 0. The third kappa shape index (κ3) is 7.48. The van der Waals surface area contributed by atoms with E-state index in [1.54, 1.807) is 6.08 Å². The molecule has 0 bridgehead atoms. The van der Waals surface area contributed by atoms with Gasteiger partial charge in [0.25, 0.3) is 0 Å². The summed E-state index contributed by atoms with van der Waals surface area (Å²) >= 11 is 0. The molecule has 0 fully saturated rings. The normalized spacial score (nSPS) is 11.8. The average Bonchev–Trinajstić information content (AvgIpc) is 1.89. The van der Waals surface area contributed by atoms with Gasteiger partial charge in [-0.3, -0.25) is 0 Å². The fourth-order valence-corrected chi connectivity index (χ4v) is 0.516. The van der Waals surface area contributed by atoms with Crippen molar-refractivity contribution in [2.45, 2.75) is 19.3 Å². The van der Waals surface area contributed by atoms with Crippen molar-refractivity contribution < 1.29 is 0 Å². The first-order chi connectivity index (χ1) is 4.41. The standard InChI is InChI=1S/C9H14/c1-3-5-7-9-8-6-4-2/h3,5,7,9H,1-2,4,6,8H2/b5-3+,9-7+. The molecule has 0 spiro atoms. The maximum Gasteiger partial charge on any atom is -0.0313 e. The molecule has 0 N–H and O–H groups in total. The Hall–Kier alpha value is -0.520. The molecule has 9 heavy (non-hydrogen) atoms. The Labute approximate surface area is 58.3 Å². The van der Waals surface area contributed by atoms with Crippen LogP contribution in [-0.2, 0) is 0 Å². The summed E-state index contributed by atoms with van der Waals surface area (Å²) in [5, 5.41) is 0. The van der Waals surface area contributed by atoms with Gasteiger partial charge in [-0.1, -0.05) is 37.6 Å². The molecule has 0 aliphatic heterocycles. The van der Waals surface area contributed by atoms with Gasteiger partial charge in [-0.05, 0) is 19.8 Å². The molecular weight excluding hydrogens is 108 g/mol. The third-order valence-corrected chi connectivity index (χ3v) is 1.00. The monoisotopic (exact) mass is 122 g/mol. The van der Waals surface area contributed by atoms with Gasteiger partial charge >= 0.3 is 0 Å². The van der Waals surface area contributed by atoms with Crippen LogP contribution in [0.2, 0.25) is 0 Å². The lowest BCUT2D eigenvalue weighted by Crippen LogP contribution is -1.64. The molecule has 0 heterocycles. The summed E-state index contributed by atoms with van der Waals surface area (Å²) in [5.41, 5.74) is 0. The van der Waals surface area contributed by atoms with Crippen LogP contribution in [0.3, 0.4) is 0 Å². The largest absolute Gasteiger partial charge is 0.0845 e. The van der Waals surface area contributed by atoms with Gasteiger partial charge in [-0.25, -0.2) is 0 Å². The molecule has 0 nitrogen and oxygen atoms in total. The van der Waals surface area contributed by atoms with Crippen molar-refractivity contribution >= 4 is 0 Å². The molecular formula is C9H14. The molecule has 0 aromatic heterocycles. The summed E-state index contributed by atoms with van der Waals surface area (Å²) in [6, 6.07) is 0. The quantitative estimate of drug-likeness (QED) is 0.397. The van der Waals surface area contributed by atoms with Gasteiger partial charge in [0.2, 0.25) is 0 Å². The Balaban J connectivity index is 3.04. The Kier molecular flexibility index (Phi) is 7.05. The Morgan fingerprint density at radius 2 is 2.00 bits per heavy atom. The molecule has 0 amide bonds. The number of unbranched alkanes of at least 4 members (excludes halogenated alkanes) is 2. The summed E-state index contributed by atoms with van der Waals surface area (Å²) in [6.45, 7) is 7.30. The van der Waals surface area contributed by atoms with E-state index in [9.17, 15) is 0 Å². The minimum Gasteiger partial charge on any atom is -0.0845 e. The SMILES string of the molecule is [CH2]/C=C/C=C/CCC[CH2]. The highest BCUT2D eigenvalue weighted by Gasteiger charge is 1.74. The van der Waals surface area contributed by atoms with E-state index in [1.807, 2.05) is 12.2 Å². The summed E-state index contributed by atoms with van der Waals surface area (Å²) in [7, 11) is 0. The predicted molar refractivity (Wildman–Crippen MR) is 42.8 cm³/mol. The highest BCUT2D eigenvalue weighted by Crippen LogP contribution is 1.93. The second kappa shape index (κ2) is 7.48. The first-order valence-corrected chi connectivity index (χ1v) is 3.32. The van der Waals surface area contributed by atoms with Gasteiger partial charge in [0.05, 0.1) is 0 Å². The van der Waals surface area contributed by atoms with Crippen molar-refractivity contribution in [3.8, 4) is 0 Å². The second-order valence-electron chi connectivity index (χ2n) is 1.85. The van der Waals surface area contributed by atoms with Gasteiger partial charge in [0.15, 0.2) is 0 Å². The number of hydrogen-bond donors (Lipinski definition) is 0. The van der Waals surface area contributed by atoms with Crippen LogP contribution in [0.4, 0.5) is 0 Å². The second-order valence-corrected chi connectivity index (χ2v) is 1.85. The highest BCUT2D eigenvalue weighted by molar-refractivity contribution is 5.03. The summed E-state index contributed by atoms with van der Waals surface area (Å²) in [4.78, 5) is 0. The Bertz CT molecular complexity index is 88.2. The van der Waals surface area contributed by atoms with Gasteiger partial charge in [-0.2, -0.15) is 0 Å². The Morgan fingerprint density at radius 1 is 1.22 bits per heavy atom. The van der Waals surface area contributed by atoms with Crippen LogP contribution in [0.1, 0.15) is 19.3 Å². The van der Waals surface area contributed by atoms with E-state index in [0.29, 0.717) is 0 Å². The fraction of sp³-hybridized carbons (Fsp3) is 0.333. The zero-order chi connectivity index (χ0) is 6.95. The lowest BCUT2D eigenvalue weighted by atomic mass is 10.2. The zero-order valence-electron chi connectivity index (χ0n) is 5.84. The maximum absolute atomic E-state index is 3.74. The summed E-state index contributed by atoms with van der Waals surface area (Å²) in [6.07, 6.45) is 11.2. The van der Waals surface area contributed by atoms with Gasteiger partial charge in [-0.15, -0.1) is 0 Å². The first-order valence-electron chi connectivity index (χ1n) is 3.32. The zero-order valence-corrected chi connectivity index (χ0v) is 5.84. The Morgan fingerprint density at radius 3 is 2.56 bits per heavy atom. The van der Waals surface area contributed by atoms with Crippen molar-refractivity contribution in [3.63, 3.8) is 0 Å². The van der Waals surface area contributed by atoms with Crippen molar-refractivity contribution in [2.24, 2.45) is 0 Å². The van der Waals surface area contributed by atoms with E-state index in [-0.39, 0.29) is 0 Å². The van der Waals surface area contributed by atoms with Crippen molar-refractivity contribution in [1.29, 1.82) is 0 Å². The average molecular weight is 122 g/mol. The van der Waals surface area contributed by atoms with Crippen molar-refractivity contribution in [2.75, 3.05) is 0 Å². The van der Waals surface area contributed by atoms with Crippen LogP contribution in [0.5, 0.6) is 0 Å². The minimum atomic E-state index is 1.03. The van der Waals surface area contributed by atoms with Crippen LogP contribution in [0.25, 0.3) is 0 Å². The lowest BCUT2D eigenvalue weighted by molar-refractivity contribution is 0.866. The van der Waals surface area contributed by atoms with E-state index in [1.165, 1.54) is 6.42 Å². The third-order valence-electron chi connectivity index (χ3n) is 1.00. The molecule has 0 aliphatic rings. The molecule has 0 aliphatic carbocycles. The predicted octanol–water partition coefficient (Wildman–Crippen LogP) is 2.94. The van der Waals surface area contributed by atoms with E-state index in [2.05, 4.69) is 19.9 Å². The van der Waals surface area contributed by atoms with Crippen LogP contribution in [0.15, 0.2) is 24.3 Å². The minimum absolute atomic E-state index is 1.03. The van der Waals surface area contributed by atoms with Crippen LogP contribution < -0.4 is 0 Å². The van der Waals surface area contributed by atoms with Gasteiger partial charge < -0.3 is 0 Å². The van der Waals surface area contributed by atoms with Gasteiger partial charge in [0.1, 0.15) is 0 Å². The number of hydrogen-bond acceptors (Lipinski definition) is 0. The molecule has 50 valence electrons. The molecule has 0 rings (SSSR count). The van der Waals surface area contributed by atoms with Crippen molar-refractivity contribution in [1.82, 2.24) is 0 Å². The van der Waals surface area contributed by atoms with Crippen LogP contribution >= 0.6 is 0 Å². The van der Waals surface area contributed by atoms with E-state index < -0.39 is 0 Å². The maximum atomic E-state index is 3.74. The molecule has 0 aromatic rings. The van der Waals surface area contributed by atoms with Crippen LogP contribution in [0, 0.1) is 13.8 Å². The van der Waals surface area contributed by atoms with E-state index in [0.717, 1.165) is 12.8 Å². The molecule has 0 saturated heterocycles. The van der Waals surface area contributed by atoms with E-state index >= 15 is 0 Å². The highest BCUT2D eigenvalue weighted by atomic mass is 13.8. The lowest BCUT2D eigenvalue weighted by Gasteiger charge is -1.84. The number of allylic oxidation sites excluding steroid dienone is 4. The molecule has 0 aromatic carbocycles. The van der Waals surface area contributed by atoms with Crippen LogP contribution in [-0.4, -0.2) is 0 Å². The molecule has 0 heteroatoms. The molecule has 0 unspecified atom stereocenters. The smallest absolute Gasteiger partial charge is 0.0313 e. The molecule has 0 saturated carbocycles. The first kappa shape index (κ1) is 8.48. The molecule has 2 radical (unpaired) electrons. The topological polar surface area (TPSA) is 0 Å². The summed E-state index contributed by atoms with van der Waals surface area (Å²) < 4.78 is 0. The number of rotatable bonds is 4. The molecule has 0 atom stereocenters. The van der Waals surface area contributed by atoms with Crippen molar-refractivity contribution in [3.05, 3.63) is 38.2 Å². The van der Waals surface area contributed by atoms with E-state index in [4.69, 9.17) is 0 Å². The van der Waals surface area contributed by atoms with Gasteiger partial charge in [0, 0.05) is 0 Å². The fourth-order valence-electron chi connectivity index (χ4n) is 0.516.